The third-order valence-corrected chi connectivity index (χ3v) is 6.99. The van der Waals surface area contributed by atoms with E-state index in [0.717, 1.165) is 11.1 Å². The first-order valence-corrected chi connectivity index (χ1v) is 13.0. The van der Waals surface area contributed by atoms with Crippen LogP contribution in [0.3, 0.4) is 0 Å². The Balaban J connectivity index is 1.48. The lowest BCUT2D eigenvalue weighted by atomic mass is 9.90. The summed E-state index contributed by atoms with van der Waals surface area (Å²) in [7, 11) is 0. The molecule has 0 bridgehead atoms. The molecule has 0 aliphatic carbocycles. The molecule has 2 amide bonds. The normalized spacial score (nSPS) is 14.5. The Morgan fingerprint density at radius 2 is 1.75 bits per heavy atom. The number of fused-ring (bicyclic) bond motifs is 1. The van der Waals surface area contributed by atoms with Crippen LogP contribution in [0.4, 0.5) is 0 Å². The van der Waals surface area contributed by atoms with E-state index in [9.17, 15) is 24.6 Å². The number of hydrogen-bond donors (Lipinski definition) is 5. The van der Waals surface area contributed by atoms with E-state index in [-0.39, 0.29) is 36.1 Å². The van der Waals surface area contributed by atoms with E-state index >= 15 is 0 Å². The van der Waals surface area contributed by atoms with Gasteiger partial charge in [0.2, 0.25) is 24.5 Å². The lowest BCUT2D eigenvalue weighted by molar-refractivity contribution is -0.123. The van der Waals surface area contributed by atoms with E-state index in [2.05, 4.69) is 15.6 Å². The number of carbonyl (C=O) groups is 3. The number of benzene rings is 2. The molecule has 1 aliphatic rings. The molecule has 40 heavy (non-hydrogen) atoms. The molecule has 0 spiro atoms. The molecule has 10 heteroatoms. The van der Waals surface area contributed by atoms with Crippen LogP contribution in [-0.2, 0) is 9.59 Å². The summed E-state index contributed by atoms with van der Waals surface area (Å²) in [6, 6.07) is 12.8. The minimum atomic E-state index is -0.949. The van der Waals surface area contributed by atoms with Gasteiger partial charge in [0.25, 0.3) is 0 Å². The van der Waals surface area contributed by atoms with E-state index in [1.807, 2.05) is 32.0 Å². The van der Waals surface area contributed by atoms with Crippen molar-refractivity contribution in [1.29, 1.82) is 0 Å². The fourth-order valence-electron chi connectivity index (χ4n) is 4.49. The van der Waals surface area contributed by atoms with Gasteiger partial charge >= 0.3 is 0 Å². The van der Waals surface area contributed by atoms with Gasteiger partial charge < -0.3 is 30.3 Å². The van der Waals surface area contributed by atoms with Crippen molar-refractivity contribution in [2.24, 2.45) is 5.92 Å². The van der Waals surface area contributed by atoms with Crippen LogP contribution < -0.4 is 20.1 Å². The van der Waals surface area contributed by atoms with Crippen molar-refractivity contribution in [2.75, 3.05) is 6.79 Å². The third-order valence-electron chi connectivity index (χ3n) is 6.99. The number of aromatic nitrogens is 1. The second kappa shape index (κ2) is 12.4. The Morgan fingerprint density at radius 1 is 1.02 bits per heavy atom. The standard InChI is InChI=1S/C30H33N3O7/c1-4-17(2)27(28(36)26-18(3)29(37)33-30(26)38)32-25(35)15-21(20-8-6-5-7-9-20)31-24(34)13-11-19-10-12-22-23(14-19)40-16-39-22/h5-14,17,21,27,33,37-38H,4,15-16H2,1-3H3,(H,31,34)(H,32,35)/t17-,21-,27-/m0/s1. The summed E-state index contributed by atoms with van der Waals surface area (Å²) in [5.41, 5.74) is 1.61. The largest absolute Gasteiger partial charge is 0.494 e. The number of aromatic hydroxyl groups is 2. The van der Waals surface area contributed by atoms with Crippen LogP contribution in [0.2, 0.25) is 0 Å². The molecule has 4 rings (SSSR count). The SMILES string of the molecule is CC[C@H](C)[C@H](NC(=O)C[C@H](NC(=O)C=Cc1ccc2c(c1)OCO2)c1ccccc1)C(=O)c1c(O)[nH]c(O)c1C. The zero-order valence-corrected chi connectivity index (χ0v) is 22.6. The molecular formula is C30H33N3O7. The summed E-state index contributed by atoms with van der Waals surface area (Å²) in [5, 5.41) is 25.8. The average molecular weight is 548 g/mol. The number of ether oxygens (including phenoxy) is 2. The van der Waals surface area contributed by atoms with Gasteiger partial charge in [-0.3, -0.25) is 19.4 Å². The quantitative estimate of drug-likeness (QED) is 0.179. The molecule has 0 fully saturated rings. The van der Waals surface area contributed by atoms with Crippen LogP contribution in [0, 0.1) is 12.8 Å². The van der Waals surface area contributed by atoms with E-state index in [1.54, 1.807) is 36.4 Å². The van der Waals surface area contributed by atoms with Crippen LogP contribution in [0.5, 0.6) is 23.3 Å². The van der Waals surface area contributed by atoms with Gasteiger partial charge in [-0.2, -0.15) is 0 Å². The minimum absolute atomic E-state index is 0.0651. The van der Waals surface area contributed by atoms with Gasteiger partial charge in [-0.25, -0.2) is 0 Å². The maximum atomic E-state index is 13.4. The first-order chi connectivity index (χ1) is 19.2. The third kappa shape index (κ3) is 6.45. The maximum absolute atomic E-state index is 13.4. The van der Waals surface area contributed by atoms with Gasteiger partial charge in [0.05, 0.1) is 24.1 Å². The predicted molar refractivity (Wildman–Crippen MR) is 148 cm³/mol. The number of aromatic amines is 1. The van der Waals surface area contributed by atoms with Gasteiger partial charge in [-0.15, -0.1) is 0 Å². The van der Waals surface area contributed by atoms with Crippen molar-refractivity contribution in [3.05, 3.63) is 76.9 Å². The van der Waals surface area contributed by atoms with Crippen molar-refractivity contribution in [3.63, 3.8) is 0 Å². The monoisotopic (exact) mass is 547 g/mol. The Hall–Kier alpha value is -4.73. The number of amides is 2. The van der Waals surface area contributed by atoms with Crippen molar-refractivity contribution in [1.82, 2.24) is 15.6 Å². The highest BCUT2D eigenvalue weighted by molar-refractivity contribution is 6.05. The van der Waals surface area contributed by atoms with Crippen molar-refractivity contribution < 1.29 is 34.1 Å². The molecule has 0 saturated carbocycles. The zero-order valence-electron chi connectivity index (χ0n) is 22.6. The summed E-state index contributed by atoms with van der Waals surface area (Å²) in [6.07, 6.45) is 3.46. The second-order valence-corrected chi connectivity index (χ2v) is 9.74. The molecule has 2 heterocycles. The highest BCUT2D eigenvalue weighted by Crippen LogP contribution is 2.33. The summed E-state index contributed by atoms with van der Waals surface area (Å²) in [5.74, 6) is -1.15. The summed E-state index contributed by atoms with van der Waals surface area (Å²) in [6.45, 7) is 5.37. The fraction of sp³-hybridized carbons (Fsp3) is 0.300. The first-order valence-electron chi connectivity index (χ1n) is 13.0. The molecule has 210 valence electrons. The van der Waals surface area contributed by atoms with Crippen LogP contribution in [-0.4, -0.2) is 45.6 Å². The van der Waals surface area contributed by atoms with E-state index in [1.165, 1.54) is 13.0 Å². The first kappa shape index (κ1) is 28.3. The van der Waals surface area contributed by atoms with E-state index in [4.69, 9.17) is 9.47 Å². The smallest absolute Gasteiger partial charge is 0.244 e. The van der Waals surface area contributed by atoms with Gasteiger partial charge in [-0.1, -0.05) is 56.7 Å². The molecule has 0 radical (unpaired) electrons. The van der Waals surface area contributed by atoms with Crippen LogP contribution in [0.1, 0.15) is 59.8 Å². The number of rotatable bonds is 11. The van der Waals surface area contributed by atoms with Gasteiger partial charge in [0.15, 0.2) is 23.2 Å². The Labute approximate surface area is 232 Å². The summed E-state index contributed by atoms with van der Waals surface area (Å²) < 4.78 is 10.7. The van der Waals surface area contributed by atoms with Crippen molar-refractivity contribution in [2.45, 2.75) is 45.7 Å². The van der Waals surface area contributed by atoms with Gasteiger partial charge in [-0.05, 0) is 42.2 Å². The molecule has 3 atom stereocenters. The van der Waals surface area contributed by atoms with E-state index < -0.39 is 35.6 Å². The predicted octanol–water partition coefficient (Wildman–Crippen LogP) is 4.14. The zero-order chi connectivity index (χ0) is 28.8. The Kier molecular flexibility index (Phi) is 8.78. The number of ketones is 1. The van der Waals surface area contributed by atoms with Crippen molar-refractivity contribution >= 4 is 23.7 Å². The number of hydrogen-bond acceptors (Lipinski definition) is 7. The lowest BCUT2D eigenvalue weighted by Crippen LogP contribution is -2.46. The van der Waals surface area contributed by atoms with E-state index in [0.29, 0.717) is 17.9 Å². The van der Waals surface area contributed by atoms with Crippen molar-refractivity contribution in [3.8, 4) is 23.3 Å². The number of Topliss-reactive ketones (excluding diaryl/α,β-unsaturated/α-hetero) is 1. The molecule has 0 unspecified atom stereocenters. The second-order valence-electron chi connectivity index (χ2n) is 9.74. The van der Waals surface area contributed by atoms with Crippen LogP contribution in [0.15, 0.2) is 54.6 Å². The topological polar surface area (TPSA) is 150 Å². The Morgan fingerprint density at radius 3 is 2.42 bits per heavy atom. The number of nitrogens with one attached hydrogen (secondary N) is 3. The molecule has 10 nitrogen and oxygen atoms in total. The minimum Gasteiger partial charge on any atom is -0.494 e. The molecule has 2 aromatic carbocycles. The summed E-state index contributed by atoms with van der Waals surface area (Å²) >= 11 is 0. The summed E-state index contributed by atoms with van der Waals surface area (Å²) in [4.78, 5) is 41.8. The lowest BCUT2D eigenvalue weighted by Gasteiger charge is -2.25. The van der Waals surface area contributed by atoms with Gasteiger partial charge in [0, 0.05) is 11.6 Å². The number of carbonyl (C=O) groups excluding carboxylic acids is 3. The average Bonchev–Trinajstić information content (AvgIpc) is 3.52. The van der Waals surface area contributed by atoms with Crippen LogP contribution in [0.25, 0.3) is 6.08 Å². The molecule has 1 aromatic heterocycles. The van der Waals surface area contributed by atoms with Gasteiger partial charge in [0.1, 0.15) is 0 Å². The highest BCUT2D eigenvalue weighted by atomic mass is 16.7. The molecule has 0 saturated heterocycles. The molecule has 5 N–H and O–H groups in total. The molecule has 1 aliphatic heterocycles. The number of H-pyrrole nitrogens is 1. The Bertz CT molecular complexity index is 1410. The highest BCUT2D eigenvalue weighted by Gasteiger charge is 2.32. The molecule has 3 aromatic rings. The maximum Gasteiger partial charge on any atom is 0.244 e. The van der Waals surface area contributed by atoms with Crippen LogP contribution >= 0.6 is 0 Å². The fourth-order valence-corrected chi connectivity index (χ4v) is 4.49. The molecular weight excluding hydrogens is 514 g/mol.